The summed E-state index contributed by atoms with van der Waals surface area (Å²) in [5, 5.41) is 5.54. The van der Waals surface area contributed by atoms with E-state index in [0.717, 1.165) is 12.3 Å². The number of carbonyl (C=O) groups excluding carboxylic acids is 2. The van der Waals surface area contributed by atoms with Crippen LogP contribution in [0.4, 0.5) is 19.0 Å². The fraction of sp³-hybridized carbons (Fsp3) is 0.533. The number of hydrogen-bond acceptors (Lipinski definition) is 4. The van der Waals surface area contributed by atoms with Crippen LogP contribution in [0.1, 0.15) is 18.9 Å². The number of amides is 2. The van der Waals surface area contributed by atoms with Gasteiger partial charge < -0.3 is 15.5 Å². The molecule has 0 spiro atoms. The van der Waals surface area contributed by atoms with E-state index in [9.17, 15) is 22.8 Å². The van der Waals surface area contributed by atoms with Gasteiger partial charge in [0.1, 0.15) is 5.82 Å². The van der Waals surface area contributed by atoms with E-state index in [0.29, 0.717) is 32.0 Å². The van der Waals surface area contributed by atoms with Gasteiger partial charge in [-0.15, -0.1) is 0 Å². The molecule has 0 bridgehead atoms. The Balaban J connectivity index is 1.71. The van der Waals surface area contributed by atoms with Crippen molar-refractivity contribution in [1.29, 1.82) is 0 Å². The molecule has 24 heavy (non-hydrogen) atoms. The summed E-state index contributed by atoms with van der Waals surface area (Å²) in [5.74, 6) is -0.265. The van der Waals surface area contributed by atoms with Crippen LogP contribution in [0.5, 0.6) is 0 Å². The van der Waals surface area contributed by atoms with Crippen molar-refractivity contribution in [3.63, 3.8) is 0 Å². The maximum Gasteiger partial charge on any atom is 0.417 e. The van der Waals surface area contributed by atoms with Crippen molar-refractivity contribution in [3.05, 3.63) is 23.9 Å². The standard InChI is InChI=1S/C15H19F3N4O2/c1-2-22-9-10(7-13(22)23)14(24)20-6-5-19-12-4-3-11(8-21-12)15(16,17)18/h3-4,8,10H,2,5-7,9H2,1H3,(H,19,21)(H,20,24)/t10-/m1/s1. The molecule has 2 rings (SSSR count). The highest BCUT2D eigenvalue weighted by Gasteiger charge is 2.33. The van der Waals surface area contributed by atoms with E-state index < -0.39 is 11.7 Å². The van der Waals surface area contributed by atoms with Gasteiger partial charge in [0.05, 0.1) is 11.5 Å². The second-order valence-electron chi connectivity index (χ2n) is 5.48. The molecule has 2 amide bonds. The first-order chi connectivity index (χ1) is 11.3. The van der Waals surface area contributed by atoms with Crippen LogP contribution in [-0.2, 0) is 15.8 Å². The van der Waals surface area contributed by atoms with Crippen LogP contribution in [0.15, 0.2) is 18.3 Å². The maximum absolute atomic E-state index is 12.4. The Labute approximate surface area is 137 Å². The molecule has 1 aromatic rings. The summed E-state index contributed by atoms with van der Waals surface area (Å²) in [6.07, 6.45) is -3.44. The molecule has 6 nitrogen and oxygen atoms in total. The molecule has 1 aliphatic heterocycles. The highest BCUT2D eigenvalue weighted by Crippen LogP contribution is 2.28. The quantitative estimate of drug-likeness (QED) is 0.767. The molecule has 2 N–H and O–H groups in total. The zero-order valence-electron chi connectivity index (χ0n) is 13.2. The number of aromatic nitrogens is 1. The second-order valence-corrected chi connectivity index (χ2v) is 5.48. The molecule has 1 saturated heterocycles. The molecule has 2 heterocycles. The Hall–Kier alpha value is -2.32. The van der Waals surface area contributed by atoms with Crippen molar-refractivity contribution in [3.8, 4) is 0 Å². The third kappa shape index (κ3) is 4.59. The Bertz CT molecular complexity index is 589. The fourth-order valence-electron chi connectivity index (χ4n) is 2.44. The van der Waals surface area contributed by atoms with Crippen LogP contribution in [0, 0.1) is 5.92 Å². The van der Waals surface area contributed by atoms with E-state index in [-0.39, 0.29) is 24.2 Å². The summed E-state index contributed by atoms with van der Waals surface area (Å²) in [4.78, 5) is 28.8. The number of anilines is 1. The SMILES string of the molecule is CCN1C[C@H](C(=O)NCCNc2ccc(C(F)(F)F)cn2)CC1=O. The van der Waals surface area contributed by atoms with E-state index >= 15 is 0 Å². The van der Waals surface area contributed by atoms with Gasteiger partial charge in [0, 0.05) is 38.8 Å². The van der Waals surface area contributed by atoms with Gasteiger partial charge in [0.25, 0.3) is 0 Å². The monoisotopic (exact) mass is 344 g/mol. The summed E-state index contributed by atoms with van der Waals surface area (Å²) in [5.41, 5.74) is -0.812. The van der Waals surface area contributed by atoms with Crippen molar-refractivity contribution < 1.29 is 22.8 Å². The normalized spacial score (nSPS) is 17.9. The highest BCUT2D eigenvalue weighted by atomic mass is 19.4. The van der Waals surface area contributed by atoms with Crippen molar-refractivity contribution >= 4 is 17.6 Å². The first-order valence-corrected chi connectivity index (χ1v) is 7.64. The van der Waals surface area contributed by atoms with Gasteiger partial charge >= 0.3 is 6.18 Å². The summed E-state index contributed by atoms with van der Waals surface area (Å²) >= 11 is 0. The van der Waals surface area contributed by atoms with Gasteiger partial charge in [-0.3, -0.25) is 9.59 Å². The maximum atomic E-state index is 12.4. The molecule has 1 atom stereocenters. The molecule has 1 aliphatic rings. The number of carbonyl (C=O) groups is 2. The highest BCUT2D eigenvalue weighted by molar-refractivity contribution is 5.89. The van der Waals surface area contributed by atoms with Crippen LogP contribution < -0.4 is 10.6 Å². The van der Waals surface area contributed by atoms with Crippen LogP contribution in [0.3, 0.4) is 0 Å². The molecule has 0 aliphatic carbocycles. The molecule has 0 radical (unpaired) electrons. The third-order valence-electron chi connectivity index (χ3n) is 3.79. The molecule has 1 aromatic heterocycles. The first-order valence-electron chi connectivity index (χ1n) is 7.64. The van der Waals surface area contributed by atoms with Crippen molar-refractivity contribution in [2.75, 3.05) is 31.5 Å². The zero-order valence-corrected chi connectivity index (χ0v) is 13.2. The molecule has 0 unspecified atom stereocenters. The lowest BCUT2D eigenvalue weighted by atomic mass is 10.1. The molecule has 132 valence electrons. The lowest BCUT2D eigenvalue weighted by Crippen LogP contribution is -2.35. The van der Waals surface area contributed by atoms with Crippen LogP contribution in [0.25, 0.3) is 0 Å². The number of hydrogen-bond donors (Lipinski definition) is 2. The first kappa shape index (κ1) is 18.0. The summed E-state index contributed by atoms with van der Waals surface area (Å²) < 4.78 is 37.2. The van der Waals surface area contributed by atoms with Crippen molar-refractivity contribution in [2.24, 2.45) is 5.92 Å². The molecule has 0 saturated carbocycles. The molecular weight excluding hydrogens is 325 g/mol. The summed E-state index contributed by atoms with van der Waals surface area (Å²) in [6, 6.07) is 2.18. The Morgan fingerprint density at radius 3 is 2.67 bits per heavy atom. The summed E-state index contributed by atoms with van der Waals surface area (Å²) in [6.45, 7) is 3.48. The van der Waals surface area contributed by atoms with Gasteiger partial charge in [-0.25, -0.2) is 4.98 Å². The van der Waals surface area contributed by atoms with Crippen molar-refractivity contribution in [1.82, 2.24) is 15.2 Å². The van der Waals surface area contributed by atoms with E-state index in [1.807, 2.05) is 6.92 Å². The topological polar surface area (TPSA) is 74.3 Å². The zero-order chi connectivity index (χ0) is 17.7. The number of nitrogens with zero attached hydrogens (tertiary/aromatic N) is 2. The van der Waals surface area contributed by atoms with Crippen LogP contribution >= 0.6 is 0 Å². The van der Waals surface area contributed by atoms with Crippen LogP contribution in [0.2, 0.25) is 0 Å². The van der Waals surface area contributed by atoms with Crippen LogP contribution in [-0.4, -0.2) is 47.9 Å². The number of alkyl halides is 3. The molecular formula is C15H19F3N4O2. The Morgan fingerprint density at radius 1 is 1.38 bits per heavy atom. The lowest BCUT2D eigenvalue weighted by molar-refractivity contribution is -0.137. The van der Waals surface area contributed by atoms with Gasteiger partial charge in [-0.05, 0) is 19.1 Å². The number of rotatable bonds is 6. The van der Waals surface area contributed by atoms with E-state index in [1.54, 1.807) is 4.90 Å². The number of halogens is 3. The number of likely N-dealkylation sites (tertiary alicyclic amines) is 1. The van der Waals surface area contributed by atoms with E-state index in [1.165, 1.54) is 6.07 Å². The molecule has 0 aromatic carbocycles. The minimum atomic E-state index is -4.41. The van der Waals surface area contributed by atoms with Crippen molar-refractivity contribution in [2.45, 2.75) is 19.5 Å². The fourth-order valence-corrected chi connectivity index (χ4v) is 2.44. The van der Waals surface area contributed by atoms with Gasteiger partial charge in [-0.1, -0.05) is 0 Å². The minimum absolute atomic E-state index is 0.0234. The lowest BCUT2D eigenvalue weighted by Gasteiger charge is -2.14. The Kier molecular flexibility index (Phi) is 5.63. The molecule has 9 heteroatoms. The third-order valence-corrected chi connectivity index (χ3v) is 3.79. The van der Waals surface area contributed by atoms with Gasteiger partial charge in [-0.2, -0.15) is 13.2 Å². The second kappa shape index (κ2) is 7.50. The predicted octanol–water partition coefficient (Wildman–Crippen LogP) is 1.50. The van der Waals surface area contributed by atoms with Gasteiger partial charge in [0.2, 0.25) is 11.8 Å². The average molecular weight is 344 g/mol. The largest absolute Gasteiger partial charge is 0.417 e. The smallest absolute Gasteiger partial charge is 0.368 e. The predicted molar refractivity (Wildman–Crippen MR) is 81.1 cm³/mol. The average Bonchev–Trinajstić information content (AvgIpc) is 2.92. The Morgan fingerprint density at radius 2 is 2.12 bits per heavy atom. The summed E-state index contributed by atoms with van der Waals surface area (Å²) in [7, 11) is 0. The minimum Gasteiger partial charge on any atom is -0.368 e. The molecule has 1 fully saturated rings. The van der Waals surface area contributed by atoms with Gasteiger partial charge in [0.15, 0.2) is 0 Å². The number of pyridine rings is 1. The number of nitrogens with one attached hydrogen (secondary N) is 2. The van der Waals surface area contributed by atoms with E-state index in [2.05, 4.69) is 15.6 Å². The van der Waals surface area contributed by atoms with E-state index in [4.69, 9.17) is 0 Å².